The minimum atomic E-state index is -0.946. The Balaban J connectivity index is 1.60. The fraction of sp³-hybridized carbons (Fsp3) is 0.227. The molecular weight excluding hydrogens is 372 g/mol. The molecule has 148 valence electrons. The van der Waals surface area contributed by atoms with Crippen LogP contribution in [0.4, 0.5) is 0 Å². The molecule has 1 unspecified atom stereocenters. The molecule has 1 N–H and O–H groups in total. The molecule has 1 fully saturated rings. The molecule has 2 aromatic carbocycles. The number of morpholine rings is 1. The smallest absolute Gasteiger partial charge is 0.306 e. The number of carboxylic acid groups (broad SMARTS) is 1. The highest BCUT2D eigenvalue weighted by molar-refractivity contribution is 6.00. The lowest BCUT2D eigenvalue weighted by atomic mass is 10.1. The maximum atomic E-state index is 13.2. The molecule has 0 radical (unpaired) electrons. The zero-order valence-corrected chi connectivity index (χ0v) is 15.7. The highest BCUT2D eigenvalue weighted by Crippen LogP contribution is 2.29. The van der Waals surface area contributed by atoms with Crippen molar-refractivity contribution in [2.24, 2.45) is 0 Å². The van der Waals surface area contributed by atoms with Crippen molar-refractivity contribution in [2.75, 3.05) is 19.7 Å². The summed E-state index contributed by atoms with van der Waals surface area (Å²) in [5.74, 6) is -0.157. The first-order chi connectivity index (χ1) is 14.1. The third-order valence-electron chi connectivity index (χ3n) is 4.78. The van der Waals surface area contributed by atoms with E-state index in [1.54, 1.807) is 29.3 Å². The van der Waals surface area contributed by atoms with E-state index in [4.69, 9.17) is 14.3 Å². The second-order valence-corrected chi connectivity index (χ2v) is 6.78. The van der Waals surface area contributed by atoms with Gasteiger partial charge < -0.3 is 19.2 Å². The van der Waals surface area contributed by atoms with Crippen molar-refractivity contribution in [3.8, 4) is 22.8 Å². The zero-order chi connectivity index (χ0) is 20.2. The van der Waals surface area contributed by atoms with Crippen LogP contribution in [0.1, 0.15) is 16.8 Å². The Hall–Kier alpha value is -3.45. The Morgan fingerprint density at radius 2 is 1.86 bits per heavy atom. The summed E-state index contributed by atoms with van der Waals surface area (Å²) in [5.41, 5.74) is 1.96. The highest BCUT2D eigenvalue weighted by atomic mass is 16.5. The number of benzene rings is 2. The van der Waals surface area contributed by atoms with Crippen LogP contribution in [0.25, 0.3) is 22.8 Å². The van der Waals surface area contributed by atoms with Crippen LogP contribution < -0.4 is 0 Å². The van der Waals surface area contributed by atoms with Crippen molar-refractivity contribution in [3.63, 3.8) is 0 Å². The summed E-state index contributed by atoms with van der Waals surface area (Å²) in [6.07, 6.45) is 0.999. The van der Waals surface area contributed by atoms with Gasteiger partial charge in [0.2, 0.25) is 5.89 Å². The number of hydrogen-bond acceptors (Lipinski definition) is 5. The number of ether oxygens (including phenoxy) is 1. The summed E-state index contributed by atoms with van der Waals surface area (Å²) in [4.78, 5) is 30.1. The predicted octanol–water partition coefficient (Wildman–Crippen LogP) is 3.32. The number of rotatable bonds is 5. The molecule has 1 atom stereocenters. The van der Waals surface area contributed by atoms with Gasteiger partial charge in [0.05, 0.1) is 30.9 Å². The van der Waals surface area contributed by atoms with Crippen LogP contribution in [0.3, 0.4) is 0 Å². The van der Waals surface area contributed by atoms with E-state index in [-0.39, 0.29) is 18.9 Å². The third kappa shape index (κ3) is 4.20. The van der Waals surface area contributed by atoms with Crippen molar-refractivity contribution >= 4 is 11.9 Å². The standard InChI is InChI=1S/C22H20N2O5/c25-20(26)12-16-14-24(10-11-28-16)22(27)18-9-5-4-8-17(18)21-23-13-19(29-21)15-6-2-1-3-7-15/h1-9,13,16H,10-12,14H2,(H,25,26). The Bertz CT molecular complexity index is 1010. The van der Waals surface area contributed by atoms with Gasteiger partial charge in [-0.1, -0.05) is 42.5 Å². The minimum Gasteiger partial charge on any atom is -0.481 e. The molecule has 7 nitrogen and oxygen atoms in total. The Morgan fingerprint density at radius 1 is 1.10 bits per heavy atom. The topological polar surface area (TPSA) is 92.9 Å². The number of carbonyl (C=O) groups excluding carboxylic acids is 1. The lowest BCUT2D eigenvalue weighted by Gasteiger charge is -2.32. The van der Waals surface area contributed by atoms with Gasteiger partial charge in [-0.15, -0.1) is 0 Å². The Morgan fingerprint density at radius 3 is 2.66 bits per heavy atom. The van der Waals surface area contributed by atoms with Crippen LogP contribution in [0.5, 0.6) is 0 Å². The molecule has 1 amide bonds. The molecule has 2 heterocycles. The van der Waals surface area contributed by atoms with Crippen molar-refractivity contribution in [2.45, 2.75) is 12.5 Å². The largest absolute Gasteiger partial charge is 0.481 e. The van der Waals surface area contributed by atoms with Crippen molar-refractivity contribution in [1.29, 1.82) is 0 Å². The van der Waals surface area contributed by atoms with Gasteiger partial charge in [0, 0.05) is 24.2 Å². The normalized spacial score (nSPS) is 16.6. The van der Waals surface area contributed by atoms with E-state index in [0.717, 1.165) is 5.56 Å². The number of carbonyl (C=O) groups is 2. The summed E-state index contributed by atoms with van der Waals surface area (Å²) >= 11 is 0. The summed E-state index contributed by atoms with van der Waals surface area (Å²) in [5, 5.41) is 8.99. The zero-order valence-electron chi connectivity index (χ0n) is 15.7. The number of nitrogens with zero attached hydrogens (tertiary/aromatic N) is 2. The highest BCUT2D eigenvalue weighted by Gasteiger charge is 2.28. The Labute approximate surface area is 167 Å². The van der Waals surface area contributed by atoms with Gasteiger partial charge in [-0.3, -0.25) is 9.59 Å². The fourth-order valence-corrected chi connectivity index (χ4v) is 3.38. The minimum absolute atomic E-state index is 0.133. The van der Waals surface area contributed by atoms with Gasteiger partial charge in [0.25, 0.3) is 5.91 Å². The van der Waals surface area contributed by atoms with Gasteiger partial charge >= 0.3 is 5.97 Å². The van der Waals surface area contributed by atoms with Gasteiger partial charge in [0.15, 0.2) is 5.76 Å². The lowest BCUT2D eigenvalue weighted by Crippen LogP contribution is -2.46. The molecule has 29 heavy (non-hydrogen) atoms. The van der Waals surface area contributed by atoms with E-state index >= 15 is 0 Å². The van der Waals surface area contributed by atoms with E-state index in [1.165, 1.54) is 0 Å². The average molecular weight is 392 g/mol. The number of oxazole rings is 1. The summed E-state index contributed by atoms with van der Waals surface area (Å²) < 4.78 is 11.4. The summed E-state index contributed by atoms with van der Waals surface area (Å²) in [6, 6.07) is 16.7. The third-order valence-corrected chi connectivity index (χ3v) is 4.78. The van der Waals surface area contributed by atoms with Crippen molar-refractivity contribution < 1.29 is 23.8 Å². The molecule has 3 aromatic rings. The van der Waals surface area contributed by atoms with Gasteiger partial charge in [-0.25, -0.2) is 4.98 Å². The number of hydrogen-bond donors (Lipinski definition) is 1. The van der Waals surface area contributed by atoms with Crippen LogP contribution in [0.2, 0.25) is 0 Å². The summed E-state index contributed by atoms with van der Waals surface area (Å²) in [7, 11) is 0. The molecule has 1 aliphatic rings. The van der Waals surface area contributed by atoms with Crippen molar-refractivity contribution in [3.05, 3.63) is 66.4 Å². The maximum Gasteiger partial charge on any atom is 0.306 e. The average Bonchev–Trinajstić information content (AvgIpc) is 3.24. The molecule has 1 saturated heterocycles. The van der Waals surface area contributed by atoms with E-state index in [0.29, 0.717) is 35.9 Å². The van der Waals surface area contributed by atoms with Gasteiger partial charge in [0.1, 0.15) is 0 Å². The van der Waals surface area contributed by atoms with E-state index in [2.05, 4.69) is 4.98 Å². The van der Waals surface area contributed by atoms with Crippen LogP contribution >= 0.6 is 0 Å². The fourth-order valence-electron chi connectivity index (χ4n) is 3.38. The number of aliphatic carboxylic acids is 1. The predicted molar refractivity (Wildman–Crippen MR) is 105 cm³/mol. The molecule has 7 heteroatoms. The monoisotopic (exact) mass is 392 g/mol. The summed E-state index contributed by atoms with van der Waals surface area (Å²) in [6.45, 7) is 0.952. The van der Waals surface area contributed by atoms with Crippen LogP contribution in [0.15, 0.2) is 65.2 Å². The molecule has 1 aliphatic heterocycles. The van der Waals surface area contributed by atoms with Crippen LogP contribution in [-0.4, -0.2) is 52.7 Å². The molecule has 4 rings (SSSR count). The lowest BCUT2D eigenvalue weighted by molar-refractivity contribution is -0.141. The second kappa shape index (κ2) is 8.28. The number of amides is 1. The number of carboxylic acids is 1. The van der Waals surface area contributed by atoms with Crippen molar-refractivity contribution in [1.82, 2.24) is 9.88 Å². The molecule has 0 saturated carbocycles. The van der Waals surface area contributed by atoms with E-state index < -0.39 is 12.1 Å². The molecule has 0 aliphatic carbocycles. The van der Waals surface area contributed by atoms with E-state index in [9.17, 15) is 9.59 Å². The molecule has 0 bridgehead atoms. The first-order valence-corrected chi connectivity index (χ1v) is 9.35. The van der Waals surface area contributed by atoms with Crippen LogP contribution in [-0.2, 0) is 9.53 Å². The SMILES string of the molecule is O=C(O)CC1CN(C(=O)c2ccccc2-c2ncc(-c3ccccc3)o2)CCO1. The quantitative estimate of drug-likeness (QED) is 0.716. The second-order valence-electron chi connectivity index (χ2n) is 6.78. The first-order valence-electron chi connectivity index (χ1n) is 9.35. The maximum absolute atomic E-state index is 13.2. The molecular formula is C22H20N2O5. The first kappa shape index (κ1) is 18.9. The Kier molecular flexibility index (Phi) is 5.39. The number of aromatic nitrogens is 1. The molecule has 1 aromatic heterocycles. The van der Waals surface area contributed by atoms with Gasteiger partial charge in [-0.2, -0.15) is 0 Å². The molecule has 0 spiro atoms. The van der Waals surface area contributed by atoms with E-state index in [1.807, 2.05) is 36.4 Å². The van der Waals surface area contributed by atoms with Crippen LogP contribution in [0, 0.1) is 0 Å². The van der Waals surface area contributed by atoms with Gasteiger partial charge in [-0.05, 0) is 12.1 Å².